The van der Waals surface area contributed by atoms with Gasteiger partial charge in [-0.3, -0.25) is 4.79 Å². The summed E-state index contributed by atoms with van der Waals surface area (Å²) in [6.07, 6.45) is 3.54. The van der Waals surface area contributed by atoms with Crippen LogP contribution in [0.5, 0.6) is 0 Å². The standard InChI is InChI=1S/C14H24N2O5/c1-9-3-5-10(6-4-9)16(2)14(21)15-11(13(19)20)7-8-12(17)18/h9-11H,3-8H2,1-2H3,(H,15,21)(H,17,18)(H,19,20). The van der Waals surface area contributed by atoms with Crippen molar-refractivity contribution in [1.82, 2.24) is 10.2 Å². The van der Waals surface area contributed by atoms with Gasteiger partial charge in [0.2, 0.25) is 0 Å². The summed E-state index contributed by atoms with van der Waals surface area (Å²) in [5.74, 6) is -1.62. The fraction of sp³-hybridized carbons (Fsp3) is 0.786. The second-order valence-corrected chi connectivity index (χ2v) is 5.80. The quantitative estimate of drug-likeness (QED) is 0.689. The maximum atomic E-state index is 12.1. The fourth-order valence-electron chi connectivity index (χ4n) is 2.57. The van der Waals surface area contributed by atoms with Gasteiger partial charge >= 0.3 is 18.0 Å². The average molecular weight is 300 g/mol. The molecule has 0 spiro atoms. The Labute approximate surface area is 124 Å². The summed E-state index contributed by atoms with van der Waals surface area (Å²) in [5, 5.41) is 20.0. The van der Waals surface area contributed by atoms with Gasteiger partial charge in [-0.2, -0.15) is 0 Å². The molecule has 0 aromatic rings. The molecule has 0 aromatic carbocycles. The number of carbonyl (C=O) groups is 3. The topological polar surface area (TPSA) is 107 Å². The molecule has 1 aliphatic rings. The van der Waals surface area contributed by atoms with Gasteiger partial charge in [0, 0.05) is 19.5 Å². The van der Waals surface area contributed by atoms with E-state index >= 15 is 0 Å². The minimum atomic E-state index is -1.21. The smallest absolute Gasteiger partial charge is 0.326 e. The zero-order chi connectivity index (χ0) is 16.0. The van der Waals surface area contributed by atoms with Crippen LogP contribution in [0.3, 0.4) is 0 Å². The number of amides is 2. The zero-order valence-corrected chi connectivity index (χ0v) is 12.5. The van der Waals surface area contributed by atoms with E-state index in [0.29, 0.717) is 5.92 Å². The summed E-state index contributed by atoms with van der Waals surface area (Å²) in [7, 11) is 1.66. The number of carbonyl (C=O) groups excluding carboxylic acids is 1. The van der Waals surface area contributed by atoms with Crippen molar-refractivity contribution in [2.24, 2.45) is 5.92 Å². The lowest BCUT2D eigenvalue weighted by Crippen LogP contribution is -2.50. The largest absolute Gasteiger partial charge is 0.481 e. The zero-order valence-electron chi connectivity index (χ0n) is 12.5. The van der Waals surface area contributed by atoms with Crippen molar-refractivity contribution in [2.45, 2.75) is 57.5 Å². The Morgan fingerprint density at radius 1 is 1.19 bits per heavy atom. The molecule has 1 aliphatic carbocycles. The van der Waals surface area contributed by atoms with Crippen LogP contribution in [0.15, 0.2) is 0 Å². The highest BCUT2D eigenvalue weighted by Crippen LogP contribution is 2.26. The van der Waals surface area contributed by atoms with Crippen LogP contribution in [0.4, 0.5) is 4.79 Å². The summed E-state index contributed by atoms with van der Waals surface area (Å²) in [4.78, 5) is 35.2. The fourth-order valence-corrected chi connectivity index (χ4v) is 2.57. The molecule has 21 heavy (non-hydrogen) atoms. The van der Waals surface area contributed by atoms with E-state index in [0.717, 1.165) is 25.7 Å². The van der Waals surface area contributed by atoms with Crippen LogP contribution in [-0.2, 0) is 9.59 Å². The molecule has 0 aliphatic heterocycles. The van der Waals surface area contributed by atoms with Gasteiger partial charge in [0.25, 0.3) is 0 Å². The maximum absolute atomic E-state index is 12.1. The molecule has 0 bridgehead atoms. The molecule has 7 nitrogen and oxygen atoms in total. The number of carboxylic acid groups (broad SMARTS) is 2. The number of nitrogens with zero attached hydrogens (tertiary/aromatic N) is 1. The van der Waals surface area contributed by atoms with Gasteiger partial charge in [0.05, 0.1) is 0 Å². The highest BCUT2D eigenvalue weighted by Gasteiger charge is 2.28. The molecule has 0 radical (unpaired) electrons. The third kappa shape index (κ3) is 5.61. The van der Waals surface area contributed by atoms with Crippen LogP contribution in [-0.4, -0.2) is 52.2 Å². The molecule has 1 unspecified atom stereocenters. The molecule has 2 amide bonds. The van der Waals surface area contributed by atoms with Crippen LogP contribution in [0.2, 0.25) is 0 Å². The number of aliphatic carboxylic acids is 2. The molecule has 1 saturated carbocycles. The van der Waals surface area contributed by atoms with Gasteiger partial charge in [-0.1, -0.05) is 6.92 Å². The van der Waals surface area contributed by atoms with Crippen molar-refractivity contribution in [3.8, 4) is 0 Å². The van der Waals surface area contributed by atoms with E-state index < -0.39 is 24.0 Å². The molecule has 7 heteroatoms. The number of hydrogen-bond acceptors (Lipinski definition) is 3. The Hall–Kier alpha value is -1.79. The number of carboxylic acids is 2. The average Bonchev–Trinajstić information content (AvgIpc) is 2.42. The molecule has 120 valence electrons. The Balaban J connectivity index is 2.51. The van der Waals surface area contributed by atoms with Gasteiger partial charge < -0.3 is 20.4 Å². The second kappa shape index (κ2) is 7.85. The van der Waals surface area contributed by atoms with E-state index in [2.05, 4.69) is 12.2 Å². The SMILES string of the molecule is CC1CCC(N(C)C(=O)NC(CCC(=O)O)C(=O)O)CC1. The molecule has 1 rings (SSSR count). The van der Waals surface area contributed by atoms with Crippen molar-refractivity contribution in [3.05, 3.63) is 0 Å². The lowest BCUT2D eigenvalue weighted by atomic mass is 9.87. The lowest BCUT2D eigenvalue weighted by Gasteiger charge is -2.34. The third-order valence-corrected chi connectivity index (χ3v) is 4.10. The van der Waals surface area contributed by atoms with E-state index in [9.17, 15) is 14.4 Å². The molecule has 3 N–H and O–H groups in total. The molecular weight excluding hydrogens is 276 g/mol. The highest BCUT2D eigenvalue weighted by molar-refractivity contribution is 5.83. The van der Waals surface area contributed by atoms with Gasteiger partial charge in [-0.05, 0) is 38.0 Å². The minimum Gasteiger partial charge on any atom is -0.481 e. The first-order chi connectivity index (χ1) is 9.81. The number of nitrogens with one attached hydrogen (secondary N) is 1. The Bertz CT molecular complexity index is 391. The highest BCUT2D eigenvalue weighted by atomic mass is 16.4. The Kier molecular flexibility index (Phi) is 6.45. The Morgan fingerprint density at radius 3 is 2.24 bits per heavy atom. The van der Waals surface area contributed by atoms with Crippen molar-refractivity contribution in [3.63, 3.8) is 0 Å². The van der Waals surface area contributed by atoms with Crippen molar-refractivity contribution in [2.75, 3.05) is 7.05 Å². The molecule has 0 heterocycles. The van der Waals surface area contributed by atoms with E-state index in [1.54, 1.807) is 11.9 Å². The first-order valence-corrected chi connectivity index (χ1v) is 7.29. The van der Waals surface area contributed by atoms with Gasteiger partial charge in [0.1, 0.15) is 6.04 Å². The number of hydrogen-bond donors (Lipinski definition) is 3. The second-order valence-electron chi connectivity index (χ2n) is 5.80. The maximum Gasteiger partial charge on any atom is 0.326 e. The van der Waals surface area contributed by atoms with Crippen molar-refractivity contribution in [1.29, 1.82) is 0 Å². The first kappa shape index (κ1) is 17.3. The van der Waals surface area contributed by atoms with Crippen LogP contribution in [0, 0.1) is 5.92 Å². The van der Waals surface area contributed by atoms with E-state index in [4.69, 9.17) is 10.2 Å². The summed E-state index contributed by atoms with van der Waals surface area (Å²) < 4.78 is 0. The molecule has 1 fully saturated rings. The number of rotatable bonds is 6. The van der Waals surface area contributed by atoms with Crippen LogP contribution in [0.1, 0.15) is 45.4 Å². The number of urea groups is 1. The van der Waals surface area contributed by atoms with Crippen LogP contribution < -0.4 is 5.32 Å². The predicted octanol–water partition coefficient (Wildman–Crippen LogP) is 1.52. The van der Waals surface area contributed by atoms with Crippen molar-refractivity contribution >= 4 is 18.0 Å². The minimum absolute atomic E-state index is 0.119. The van der Waals surface area contributed by atoms with E-state index in [-0.39, 0.29) is 18.9 Å². The monoisotopic (exact) mass is 300 g/mol. The summed E-state index contributed by atoms with van der Waals surface area (Å²) in [6.45, 7) is 2.18. The molecule has 0 saturated heterocycles. The van der Waals surface area contributed by atoms with Crippen LogP contribution >= 0.6 is 0 Å². The van der Waals surface area contributed by atoms with E-state index in [1.807, 2.05) is 0 Å². The normalized spacial score (nSPS) is 23.1. The summed E-state index contributed by atoms with van der Waals surface area (Å²) in [6, 6.07) is -1.50. The lowest BCUT2D eigenvalue weighted by molar-refractivity contribution is -0.140. The summed E-state index contributed by atoms with van der Waals surface area (Å²) >= 11 is 0. The molecular formula is C14H24N2O5. The van der Waals surface area contributed by atoms with Gasteiger partial charge in [0.15, 0.2) is 0 Å². The van der Waals surface area contributed by atoms with Crippen LogP contribution in [0.25, 0.3) is 0 Å². The Morgan fingerprint density at radius 2 is 1.76 bits per heavy atom. The molecule has 0 aromatic heterocycles. The predicted molar refractivity (Wildman–Crippen MR) is 76.0 cm³/mol. The first-order valence-electron chi connectivity index (χ1n) is 7.29. The molecule has 1 atom stereocenters. The van der Waals surface area contributed by atoms with Gasteiger partial charge in [-0.25, -0.2) is 9.59 Å². The van der Waals surface area contributed by atoms with Gasteiger partial charge in [-0.15, -0.1) is 0 Å². The van der Waals surface area contributed by atoms with Crippen molar-refractivity contribution < 1.29 is 24.6 Å². The van der Waals surface area contributed by atoms with E-state index in [1.165, 1.54) is 0 Å². The summed E-state index contributed by atoms with van der Waals surface area (Å²) in [5.41, 5.74) is 0. The third-order valence-electron chi connectivity index (χ3n) is 4.10.